The van der Waals surface area contributed by atoms with Crippen molar-refractivity contribution in [1.82, 2.24) is 9.80 Å². The first-order valence-corrected chi connectivity index (χ1v) is 6.93. The Morgan fingerprint density at radius 2 is 1.84 bits per heavy atom. The summed E-state index contributed by atoms with van der Waals surface area (Å²) in [6.07, 6.45) is 0.589. The van der Waals surface area contributed by atoms with E-state index in [-0.39, 0.29) is 12.0 Å². The number of hydrogen-bond donors (Lipinski definition) is 1. The van der Waals surface area contributed by atoms with Crippen LogP contribution in [0.5, 0.6) is 0 Å². The summed E-state index contributed by atoms with van der Waals surface area (Å²) >= 11 is 0. The van der Waals surface area contributed by atoms with Crippen molar-refractivity contribution in [2.24, 2.45) is 5.73 Å². The number of hydrogen-bond acceptors (Lipinski definition) is 5. The smallest absolute Gasteiger partial charge is 0.325 e. The van der Waals surface area contributed by atoms with Crippen LogP contribution in [0, 0.1) is 0 Å². The molecule has 0 rings (SSSR count). The highest BCUT2D eigenvalue weighted by molar-refractivity contribution is 5.79. The zero-order chi connectivity index (χ0) is 15.2. The molecule has 0 aliphatic rings. The predicted molar refractivity (Wildman–Crippen MR) is 79.1 cm³/mol. The lowest BCUT2D eigenvalue weighted by Gasteiger charge is -2.37. The molecular formula is C14H31N3O2. The van der Waals surface area contributed by atoms with Crippen LogP contribution in [-0.2, 0) is 9.53 Å². The van der Waals surface area contributed by atoms with Gasteiger partial charge in [0.25, 0.3) is 0 Å². The van der Waals surface area contributed by atoms with Crippen LogP contribution in [-0.4, -0.2) is 67.7 Å². The minimum absolute atomic E-state index is 0.231. The van der Waals surface area contributed by atoms with E-state index in [9.17, 15) is 4.79 Å². The average molecular weight is 273 g/mol. The molecule has 2 N–H and O–H groups in total. The second kappa shape index (κ2) is 7.82. The maximum Gasteiger partial charge on any atom is 0.325 e. The maximum atomic E-state index is 11.7. The first kappa shape index (κ1) is 18.4. The molecule has 5 nitrogen and oxygen atoms in total. The second-order valence-electron chi connectivity index (χ2n) is 5.90. The van der Waals surface area contributed by atoms with Gasteiger partial charge in [-0.3, -0.25) is 9.69 Å². The van der Waals surface area contributed by atoms with Crippen LogP contribution in [0.15, 0.2) is 0 Å². The van der Waals surface area contributed by atoms with Crippen molar-refractivity contribution in [2.45, 2.75) is 51.7 Å². The fourth-order valence-corrected chi connectivity index (χ4v) is 2.74. The van der Waals surface area contributed by atoms with E-state index in [2.05, 4.69) is 44.7 Å². The van der Waals surface area contributed by atoms with Gasteiger partial charge in [-0.05, 0) is 47.8 Å². The van der Waals surface area contributed by atoms with Gasteiger partial charge in [0.2, 0.25) is 0 Å². The molecule has 5 heteroatoms. The lowest BCUT2D eigenvalue weighted by Crippen LogP contribution is -2.53. The third-order valence-electron chi connectivity index (χ3n) is 3.50. The van der Waals surface area contributed by atoms with Crippen LogP contribution >= 0.6 is 0 Å². The molecule has 0 fully saturated rings. The molecule has 0 aromatic rings. The van der Waals surface area contributed by atoms with E-state index < -0.39 is 5.54 Å². The molecule has 0 amide bonds. The molecule has 19 heavy (non-hydrogen) atoms. The molecule has 3 unspecified atom stereocenters. The molecule has 0 radical (unpaired) electrons. The van der Waals surface area contributed by atoms with Crippen molar-refractivity contribution < 1.29 is 9.53 Å². The minimum Gasteiger partial charge on any atom is -0.468 e. The number of ether oxygens (including phenoxy) is 1. The summed E-state index contributed by atoms with van der Waals surface area (Å²) in [5.41, 5.74) is 5.12. The summed E-state index contributed by atoms with van der Waals surface area (Å²) in [4.78, 5) is 16.2. The van der Waals surface area contributed by atoms with Crippen molar-refractivity contribution in [2.75, 3.05) is 34.3 Å². The molecule has 0 aliphatic heterocycles. The molecule has 0 aromatic heterocycles. The monoisotopic (exact) mass is 273 g/mol. The van der Waals surface area contributed by atoms with Gasteiger partial charge in [0.05, 0.1) is 7.11 Å². The Hall–Kier alpha value is -0.650. The number of esters is 1. The lowest BCUT2D eigenvalue weighted by atomic mass is 9.93. The first-order chi connectivity index (χ1) is 8.65. The largest absolute Gasteiger partial charge is 0.468 e. The van der Waals surface area contributed by atoms with Crippen LogP contribution in [0.3, 0.4) is 0 Å². The van der Waals surface area contributed by atoms with E-state index >= 15 is 0 Å². The summed E-state index contributed by atoms with van der Waals surface area (Å²) in [6, 6.07) is 0.650. The highest BCUT2D eigenvalue weighted by Crippen LogP contribution is 2.17. The van der Waals surface area contributed by atoms with Gasteiger partial charge < -0.3 is 15.4 Å². The SMILES string of the molecule is CCN(C(C)CN(C)C)C(C)CC(C)(N)C(=O)OC. The summed E-state index contributed by atoms with van der Waals surface area (Å²) in [7, 11) is 5.51. The van der Waals surface area contributed by atoms with Gasteiger partial charge in [-0.2, -0.15) is 0 Å². The lowest BCUT2D eigenvalue weighted by molar-refractivity contribution is -0.147. The Morgan fingerprint density at radius 3 is 2.21 bits per heavy atom. The number of nitrogens with two attached hydrogens (primary N) is 1. The molecule has 3 atom stereocenters. The average Bonchev–Trinajstić information content (AvgIpc) is 2.26. The molecule has 0 aliphatic carbocycles. The van der Waals surface area contributed by atoms with E-state index in [1.807, 2.05) is 0 Å². The topological polar surface area (TPSA) is 58.8 Å². The number of carbonyl (C=O) groups is 1. The van der Waals surface area contributed by atoms with Crippen LogP contribution in [0.4, 0.5) is 0 Å². The first-order valence-electron chi connectivity index (χ1n) is 6.93. The Kier molecular flexibility index (Phi) is 7.55. The molecule has 0 bridgehead atoms. The number of likely N-dealkylation sites (N-methyl/N-ethyl adjacent to an activating group) is 2. The zero-order valence-electron chi connectivity index (χ0n) is 13.6. The van der Waals surface area contributed by atoms with Crippen molar-refractivity contribution in [3.63, 3.8) is 0 Å². The van der Waals surface area contributed by atoms with E-state index in [4.69, 9.17) is 10.5 Å². The summed E-state index contributed by atoms with van der Waals surface area (Å²) in [5.74, 6) is -0.351. The number of carbonyl (C=O) groups excluding carboxylic acids is 1. The fourth-order valence-electron chi connectivity index (χ4n) is 2.74. The second-order valence-corrected chi connectivity index (χ2v) is 5.90. The summed E-state index contributed by atoms with van der Waals surface area (Å²) in [5, 5.41) is 0. The van der Waals surface area contributed by atoms with Gasteiger partial charge in [-0.1, -0.05) is 6.92 Å². The van der Waals surface area contributed by atoms with E-state index in [0.717, 1.165) is 13.1 Å². The number of rotatable bonds is 8. The Bertz CT molecular complexity index is 280. The Labute approximate surface area is 118 Å². The van der Waals surface area contributed by atoms with Gasteiger partial charge in [0, 0.05) is 18.6 Å². The van der Waals surface area contributed by atoms with Gasteiger partial charge >= 0.3 is 5.97 Å². The van der Waals surface area contributed by atoms with E-state index in [0.29, 0.717) is 12.5 Å². The molecule has 0 saturated heterocycles. The molecule has 0 saturated carbocycles. The summed E-state index contributed by atoms with van der Waals surface area (Å²) < 4.78 is 4.76. The standard InChI is InChI=1S/C14H31N3O2/c1-8-17(12(3)10-16(5)6)11(2)9-14(4,15)13(18)19-7/h11-12H,8-10,15H2,1-7H3. The Morgan fingerprint density at radius 1 is 1.32 bits per heavy atom. The third-order valence-corrected chi connectivity index (χ3v) is 3.50. The van der Waals surface area contributed by atoms with Gasteiger partial charge in [-0.15, -0.1) is 0 Å². The molecule has 114 valence electrons. The quantitative estimate of drug-likeness (QED) is 0.667. The number of nitrogens with zero attached hydrogens (tertiary/aromatic N) is 2. The minimum atomic E-state index is -0.931. The molecule has 0 spiro atoms. The van der Waals surface area contributed by atoms with Crippen molar-refractivity contribution in [3.8, 4) is 0 Å². The molecular weight excluding hydrogens is 242 g/mol. The third kappa shape index (κ3) is 5.89. The van der Waals surface area contributed by atoms with E-state index in [1.165, 1.54) is 7.11 Å². The van der Waals surface area contributed by atoms with Crippen molar-refractivity contribution in [1.29, 1.82) is 0 Å². The van der Waals surface area contributed by atoms with Crippen LogP contribution in [0.2, 0.25) is 0 Å². The maximum absolute atomic E-state index is 11.7. The molecule has 0 heterocycles. The fraction of sp³-hybridized carbons (Fsp3) is 0.929. The van der Waals surface area contributed by atoms with Gasteiger partial charge in [0.1, 0.15) is 5.54 Å². The number of methoxy groups -OCH3 is 1. The van der Waals surface area contributed by atoms with E-state index in [1.54, 1.807) is 6.92 Å². The summed E-state index contributed by atoms with van der Waals surface area (Å²) in [6.45, 7) is 10.1. The molecule has 0 aromatic carbocycles. The van der Waals surface area contributed by atoms with Crippen molar-refractivity contribution in [3.05, 3.63) is 0 Å². The van der Waals surface area contributed by atoms with Crippen LogP contribution in [0.1, 0.15) is 34.1 Å². The van der Waals surface area contributed by atoms with Gasteiger partial charge in [0.15, 0.2) is 0 Å². The van der Waals surface area contributed by atoms with Crippen LogP contribution in [0.25, 0.3) is 0 Å². The Balaban J connectivity index is 4.67. The van der Waals surface area contributed by atoms with Gasteiger partial charge in [-0.25, -0.2) is 0 Å². The zero-order valence-corrected chi connectivity index (χ0v) is 13.6. The van der Waals surface area contributed by atoms with Crippen molar-refractivity contribution >= 4 is 5.97 Å². The van der Waals surface area contributed by atoms with Crippen LogP contribution < -0.4 is 5.73 Å². The normalized spacial score (nSPS) is 18.2. The predicted octanol–water partition coefficient (Wildman–Crippen LogP) is 0.927. The highest BCUT2D eigenvalue weighted by Gasteiger charge is 2.33. The highest BCUT2D eigenvalue weighted by atomic mass is 16.5.